The summed E-state index contributed by atoms with van der Waals surface area (Å²) in [6.07, 6.45) is 4.23. The number of esters is 2. The summed E-state index contributed by atoms with van der Waals surface area (Å²) in [5.41, 5.74) is -1.75. The number of carbonyl (C=O) groups excluding carboxylic acids is 2. The van der Waals surface area contributed by atoms with Gasteiger partial charge in [-0.1, -0.05) is 27.2 Å². The van der Waals surface area contributed by atoms with Crippen molar-refractivity contribution < 1.29 is 24.2 Å². The van der Waals surface area contributed by atoms with E-state index in [9.17, 15) is 14.7 Å². The van der Waals surface area contributed by atoms with Gasteiger partial charge in [-0.15, -0.1) is 0 Å². The third kappa shape index (κ3) is 2.88. The van der Waals surface area contributed by atoms with Crippen molar-refractivity contribution >= 4 is 11.9 Å². The van der Waals surface area contributed by atoms with E-state index in [-0.39, 0.29) is 23.2 Å². The van der Waals surface area contributed by atoms with Gasteiger partial charge in [0.1, 0.15) is 0 Å². The maximum absolute atomic E-state index is 12.3. The number of rotatable bonds is 3. The predicted octanol–water partition coefficient (Wildman–Crippen LogP) is 2.70. The molecular weight excluding hydrogens is 296 g/mol. The molecule has 4 atom stereocenters. The molecule has 0 aromatic heterocycles. The van der Waals surface area contributed by atoms with Crippen LogP contribution in [-0.4, -0.2) is 36.9 Å². The zero-order valence-electron chi connectivity index (χ0n) is 15.0. The maximum Gasteiger partial charge on any atom is 0.338 e. The smallest absolute Gasteiger partial charge is 0.338 e. The van der Waals surface area contributed by atoms with Gasteiger partial charge in [-0.3, -0.25) is 4.79 Å². The maximum atomic E-state index is 12.3. The molecule has 0 bridgehead atoms. The van der Waals surface area contributed by atoms with Crippen LogP contribution in [0.15, 0.2) is 0 Å². The number of hydrogen-bond acceptors (Lipinski definition) is 5. The van der Waals surface area contributed by atoms with E-state index in [2.05, 4.69) is 20.8 Å². The summed E-state index contributed by atoms with van der Waals surface area (Å²) in [7, 11) is 2.63. The number of hydrogen-bond donors (Lipinski definition) is 1. The molecule has 1 N–H and O–H groups in total. The molecule has 5 nitrogen and oxygen atoms in total. The van der Waals surface area contributed by atoms with E-state index in [0.29, 0.717) is 12.3 Å². The number of fused-ring (bicyclic) bond motifs is 1. The lowest BCUT2D eigenvalue weighted by molar-refractivity contribution is -0.206. The monoisotopic (exact) mass is 326 g/mol. The van der Waals surface area contributed by atoms with Gasteiger partial charge in [-0.05, 0) is 42.4 Å². The minimum absolute atomic E-state index is 0.0468. The molecule has 23 heavy (non-hydrogen) atoms. The normalized spacial score (nSPS) is 39.2. The third-order valence-electron chi connectivity index (χ3n) is 6.60. The van der Waals surface area contributed by atoms with Crippen LogP contribution in [0, 0.1) is 22.7 Å². The molecule has 2 saturated carbocycles. The van der Waals surface area contributed by atoms with Crippen molar-refractivity contribution in [3.05, 3.63) is 0 Å². The SMILES string of the molecule is COC(=O)CC1C(O)(C(=O)OC)CCC2C(C)(C)CCCC21C. The van der Waals surface area contributed by atoms with Crippen LogP contribution in [0.2, 0.25) is 0 Å². The first-order valence-corrected chi connectivity index (χ1v) is 8.49. The summed E-state index contributed by atoms with van der Waals surface area (Å²) in [5.74, 6) is -1.13. The largest absolute Gasteiger partial charge is 0.469 e. The van der Waals surface area contributed by atoms with E-state index in [1.54, 1.807) is 0 Å². The standard InChI is InChI=1S/C18H30O5/c1-16(2)8-6-9-17(3)12(16)7-10-18(21,15(20)23-5)13(17)11-14(19)22-4/h12-13,21H,6-11H2,1-5H3. The molecule has 0 aromatic carbocycles. The average Bonchev–Trinajstić information content (AvgIpc) is 2.49. The van der Waals surface area contributed by atoms with E-state index >= 15 is 0 Å². The van der Waals surface area contributed by atoms with Crippen molar-refractivity contribution in [3.8, 4) is 0 Å². The molecule has 2 aliphatic rings. The van der Waals surface area contributed by atoms with Gasteiger partial charge in [-0.25, -0.2) is 4.79 Å². The lowest BCUT2D eigenvalue weighted by Crippen LogP contribution is -2.62. The highest BCUT2D eigenvalue weighted by Crippen LogP contribution is 2.62. The quantitative estimate of drug-likeness (QED) is 0.807. The summed E-state index contributed by atoms with van der Waals surface area (Å²) >= 11 is 0. The Morgan fingerprint density at radius 2 is 1.74 bits per heavy atom. The zero-order chi connectivity index (χ0) is 17.5. The van der Waals surface area contributed by atoms with E-state index in [1.807, 2.05) is 0 Å². The van der Waals surface area contributed by atoms with Crippen LogP contribution in [0.1, 0.15) is 59.3 Å². The Kier molecular flexibility index (Phi) is 4.82. The molecule has 132 valence electrons. The second-order valence-electron chi connectivity index (χ2n) is 8.19. The fourth-order valence-corrected chi connectivity index (χ4v) is 5.46. The van der Waals surface area contributed by atoms with Crippen molar-refractivity contribution in [2.24, 2.45) is 22.7 Å². The highest BCUT2D eigenvalue weighted by atomic mass is 16.5. The van der Waals surface area contributed by atoms with Gasteiger partial charge < -0.3 is 14.6 Å². The second kappa shape index (κ2) is 6.08. The van der Waals surface area contributed by atoms with Crippen LogP contribution < -0.4 is 0 Å². The molecular formula is C18H30O5. The molecule has 0 heterocycles. The van der Waals surface area contributed by atoms with Gasteiger partial charge in [-0.2, -0.15) is 0 Å². The Hall–Kier alpha value is -1.10. The summed E-state index contributed by atoms with van der Waals surface area (Å²) in [6, 6.07) is 0. The van der Waals surface area contributed by atoms with E-state index in [0.717, 1.165) is 25.7 Å². The topological polar surface area (TPSA) is 72.8 Å². The van der Waals surface area contributed by atoms with Gasteiger partial charge in [0.2, 0.25) is 0 Å². The second-order valence-corrected chi connectivity index (χ2v) is 8.19. The lowest BCUT2D eigenvalue weighted by atomic mass is 9.45. The van der Waals surface area contributed by atoms with Crippen molar-refractivity contribution in [3.63, 3.8) is 0 Å². The van der Waals surface area contributed by atoms with Crippen LogP contribution >= 0.6 is 0 Å². The molecule has 2 aliphatic carbocycles. The fraction of sp³-hybridized carbons (Fsp3) is 0.889. The zero-order valence-corrected chi connectivity index (χ0v) is 15.0. The van der Waals surface area contributed by atoms with Crippen LogP contribution in [0.25, 0.3) is 0 Å². The molecule has 0 aromatic rings. The van der Waals surface area contributed by atoms with Gasteiger partial charge in [0, 0.05) is 5.92 Å². The number of ether oxygens (including phenoxy) is 2. The predicted molar refractivity (Wildman–Crippen MR) is 85.6 cm³/mol. The van der Waals surface area contributed by atoms with Crippen molar-refractivity contribution in [2.45, 2.75) is 64.9 Å². The average molecular weight is 326 g/mol. The first-order chi connectivity index (χ1) is 10.6. The summed E-state index contributed by atoms with van der Waals surface area (Å²) < 4.78 is 9.71. The Morgan fingerprint density at radius 3 is 2.30 bits per heavy atom. The molecule has 4 unspecified atom stereocenters. The van der Waals surface area contributed by atoms with Gasteiger partial charge >= 0.3 is 11.9 Å². The van der Waals surface area contributed by atoms with Gasteiger partial charge in [0.05, 0.1) is 20.6 Å². The lowest BCUT2D eigenvalue weighted by Gasteiger charge is -2.60. The Bertz CT molecular complexity index is 486. The van der Waals surface area contributed by atoms with Gasteiger partial charge in [0.25, 0.3) is 0 Å². The minimum atomic E-state index is -1.61. The molecule has 2 rings (SSSR count). The molecule has 5 heteroatoms. The Balaban J connectivity index is 2.47. The van der Waals surface area contributed by atoms with Crippen molar-refractivity contribution in [1.82, 2.24) is 0 Å². The highest BCUT2D eigenvalue weighted by molar-refractivity contribution is 5.81. The number of methoxy groups -OCH3 is 2. The van der Waals surface area contributed by atoms with E-state index in [1.165, 1.54) is 14.2 Å². The number of carbonyl (C=O) groups is 2. The summed E-state index contributed by atoms with van der Waals surface area (Å²) in [4.78, 5) is 24.3. The molecule has 0 amide bonds. The summed E-state index contributed by atoms with van der Waals surface area (Å²) in [6.45, 7) is 6.64. The van der Waals surface area contributed by atoms with Crippen LogP contribution in [-0.2, 0) is 19.1 Å². The Morgan fingerprint density at radius 1 is 1.09 bits per heavy atom. The van der Waals surface area contributed by atoms with E-state index in [4.69, 9.17) is 9.47 Å². The number of aliphatic hydroxyl groups is 1. The van der Waals surface area contributed by atoms with Gasteiger partial charge in [0.15, 0.2) is 5.60 Å². The van der Waals surface area contributed by atoms with Crippen LogP contribution in [0.3, 0.4) is 0 Å². The first-order valence-electron chi connectivity index (χ1n) is 8.49. The molecule has 0 aliphatic heterocycles. The Labute approximate surface area is 138 Å². The first kappa shape index (κ1) is 18.2. The van der Waals surface area contributed by atoms with Crippen LogP contribution in [0.5, 0.6) is 0 Å². The van der Waals surface area contributed by atoms with Crippen LogP contribution in [0.4, 0.5) is 0 Å². The van der Waals surface area contributed by atoms with Crippen molar-refractivity contribution in [1.29, 1.82) is 0 Å². The van der Waals surface area contributed by atoms with Crippen molar-refractivity contribution in [2.75, 3.05) is 14.2 Å². The molecule has 0 spiro atoms. The molecule has 2 fully saturated rings. The van der Waals surface area contributed by atoms with E-state index < -0.39 is 17.5 Å². The highest BCUT2D eigenvalue weighted by Gasteiger charge is 2.62. The third-order valence-corrected chi connectivity index (χ3v) is 6.60. The minimum Gasteiger partial charge on any atom is -0.469 e. The molecule has 0 saturated heterocycles. The summed E-state index contributed by atoms with van der Waals surface area (Å²) in [5, 5.41) is 11.1. The fourth-order valence-electron chi connectivity index (χ4n) is 5.46. The molecule has 0 radical (unpaired) electrons.